The summed E-state index contributed by atoms with van der Waals surface area (Å²) in [5.74, 6) is -6.76. The Hall–Kier alpha value is -3.90. The predicted molar refractivity (Wildman–Crippen MR) is 107 cm³/mol. The molecule has 4 aromatic rings. The molecular weight excluding hydrogens is 466 g/mol. The Balaban J connectivity index is 1.75. The topological polar surface area (TPSA) is 77.1 Å². The molecule has 0 spiro atoms. The summed E-state index contributed by atoms with van der Waals surface area (Å²) in [5, 5.41) is 10.3. The minimum absolute atomic E-state index is 0.0144. The summed E-state index contributed by atoms with van der Waals surface area (Å²) in [7, 11) is 0. The lowest BCUT2D eigenvalue weighted by Crippen LogP contribution is -2.36. The van der Waals surface area contributed by atoms with Crippen LogP contribution in [-0.2, 0) is 19.0 Å². The summed E-state index contributed by atoms with van der Waals surface area (Å²) in [4.78, 5) is 16.6. The lowest BCUT2D eigenvalue weighted by atomic mass is 10.1. The van der Waals surface area contributed by atoms with Crippen molar-refractivity contribution < 1.29 is 31.1 Å². The molecule has 0 atom stereocenters. The van der Waals surface area contributed by atoms with Crippen molar-refractivity contribution in [3.05, 3.63) is 71.6 Å². The van der Waals surface area contributed by atoms with Gasteiger partial charge in [-0.2, -0.15) is 32.1 Å². The molecule has 0 saturated heterocycles. The number of rotatable bonds is 6. The fourth-order valence-electron chi connectivity index (χ4n) is 3.16. The van der Waals surface area contributed by atoms with Crippen LogP contribution in [0.3, 0.4) is 0 Å². The Morgan fingerprint density at radius 2 is 1.74 bits per heavy atom. The van der Waals surface area contributed by atoms with Crippen molar-refractivity contribution in [2.24, 2.45) is 0 Å². The molecule has 178 valence electrons. The Labute approximate surface area is 188 Å². The van der Waals surface area contributed by atoms with Gasteiger partial charge in [0, 0.05) is 24.4 Å². The number of nitrogens with zero attached hydrogens (tertiary/aromatic N) is 5. The summed E-state index contributed by atoms with van der Waals surface area (Å²) in [6.07, 6.45) is -4.24. The van der Waals surface area contributed by atoms with E-state index < -0.39 is 40.9 Å². The van der Waals surface area contributed by atoms with E-state index in [0.29, 0.717) is 18.3 Å². The number of benzene rings is 1. The summed E-state index contributed by atoms with van der Waals surface area (Å²) >= 11 is 0. The molecule has 34 heavy (non-hydrogen) atoms. The Bertz CT molecular complexity index is 1340. The number of aromatic nitrogens is 5. The maximum absolute atomic E-state index is 14.4. The average Bonchev–Trinajstić information content (AvgIpc) is 3.43. The number of carbonyl (C=O) groups is 1. The predicted octanol–water partition coefficient (Wildman–Crippen LogP) is 4.34. The second-order valence-electron chi connectivity index (χ2n) is 7.25. The van der Waals surface area contributed by atoms with Crippen molar-refractivity contribution in [3.63, 3.8) is 0 Å². The minimum Gasteiger partial charge on any atom is -0.345 e. The number of hydrogen-bond acceptors (Lipinski definition) is 4. The molecule has 3 aromatic heterocycles. The van der Waals surface area contributed by atoms with E-state index in [9.17, 15) is 31.1 Å². The molecule has 3 heterocycles. The van der Waals surface area contributed by atoms with Gasteiger partial charge >= 0.3 is 12.1 Å². The molecule has 0 saturated carbocycles. The quantitative estimate of drug-likeness (QED) is 0.415. The van der Waals surface area contributed by atoms with Crippen LogP contribution in [0.25, 0.3) is 16.9 Å². The van der Waals surface area contributed by atoms with Gasteiger partial charge in [0.1, 0.15) is 11.5 Å². The normalized spacial score (nSPS) is 12.3. The molecule has 0 unspecified atom stereocenters. The van der Waals surface area contributed by atoms with E-state index in [-0.39, 0.29) is 22.3 Å². The highest BCUT2D eigenvalue weighted by Gasteiger charge is 2.60. The molecule has 1 aromatic carbocycles. The molecule has 0 aliphatic carbocycles. The van der Waals surface area contributed by atoms with Crippen LogP contribution in [0, 0.1) is 5.82 Å². The monoisotopic (exact) mass is 482 g/mol. The first-order valence-corrected chi connectivity index (χ1v) is 9.92. The summed E-state index contributed by atoms with van der Waals surface area (Å²) in [6.45, 7) is 2.46. The van der Waals surface area contributed by atoms with Gasteiger partial charge in [-0.15, -0.1) is 0 Å². The minimum atomic E-state index is -5.94. The van der Waals surface area contributed by atoms with Gasteiger partial charge in [0.2, 0.25) is 0 Å². The van der Waals surface area contributed by atoms with Gasteiger partial charge in [0.15, 0.2) is 11.3 Å². The fourth-order valence-corrected chi connectivity index (χ4v) is 3.16. The average molecular weight is 482 g/mol. The van der Waals surface area contributed by atoms with Crippen molar-refractivity contribution in [1.82, 2.24) is 29.7 Å². The number of halogens is 6. The SMILES string of the molecule is CCn1ccc(CNC(=O)c2cc3nc(-c4ccc(F)cc4)cc(C(F)(F)C(F)(F)F)n3n2)n1. The number of nitrogens with one attached hydrogen (secondary N) is 1. The Kier molecular flexibility index (Phi) is 5.79. The zero-order valence-corrected chi connectivity index (χ0v) is 17.4. The standard InChI is InChI=1S/C21H16F6N6O/c1-2-32-8-7-14(30-32)11-28-19(34)16-10-18-29-15(12-3-5-13(22)6-4-12)9-17(33(18)31-16)20(23,24)21(25,26)27/h3-10H,2,11H2,1H3,(H,28,34). The first kappa shape index (κ1) is 23.3. The Morgan fingerprint density at radius 3 is 2.35 bits per heavy atom. The highest BCUT2D eigenvalue weighted by molar-refractivity contribution is 5.93. The Morgan fingerprint density at radius 1 is 1.03 bits per heavy atom. The fraction of sp³-hybridized carbons (Fsp3) is 0.238. The zero-order chi connectivity index (χ0) is 24.7. The largest absolute Gasteiger partial charge is 0.459 e. The van der Waals surface area contributed by atoms with E-state index in [1.165, 1.54) is 12.1 Å². The number of aryl methyl sites for hydroxylation is 1. The molecule has 1 N–H and O–H groups in total. The van der Waals surface area contributed by atoms with Gasteiger partial charge in [-0.3, -0.25) is 9.48 Å². The summed E-state index contributed by atoms with van der Waals surface area (Å²) in [5.41, 5.74) is -2.03. The van der Waals surface area contributed by atoms with Gasteiger partial charge in [-0.1, -0.05) is 0 Å². The van der Waals surface area contributed by atoms with E-state index in [4.69, 9.17) is 0 Å². The van der Waals surface area contributed by atoms with Crippen molar-refractivity contribution in [3.8, 4) is 11.3 Å². The van der Waals surface area contributed by atoms with Crippen molar-refractivity contribution in [1.29, 1.82) is 0 Å². The molecule has 13 heteroatoms. The van der Waals surface area contributed by atoms with Crippen LogP contribution in [0.2, 0.25) is 0 Å². The van der Waals surface area contributed by atoms with E-state index >= 15 is 0 Å². The lowest BCUT2D eigenvalue weighted by Gasteiger charge is -2.21. The van der Waals surface area contributed by atoms with E-state index in [0.717, 1.165) is 18.2 Å². The molecule has 0 bridgehead atoms. The summed E-state index contributed by atoms with van der Waals surface area (Å²) < 4.78 is 83.5. The molecule has 1 amide bonds. The second kappa shape index (κ2) is 8.47. The van der Waals surface area contributed by atoms with Gasteiger partial charge < -0.3 is 5.32 Å². The van der Waals surface area contributed by atoms with Gasteiger partial charge in [-0.05, 0) is 43.3 Å². The number of hydrogen-bond donors (Lipinski definition) is 1. The van der Waals surface area contributed by atoms with Crippen molar-refractivity contribution in [2.45, 2.75) is 32.1 Å². The van der Waals surface area contributed by atoms with Crippen LogP contribution in [0.4, 0.5) is 26.3 Å². The van der Waals surface area contributed by atoms with Crippen LogP contribution < -0.4 is 5.32 Å². The molecule has 0 fully saturated rings. The van der Waals surface area contributed by atoms with Gasteiger partial charge in [0.25, 0.3) is 5.91 Å². The summed E-state index contributed by atoms with van der Waals surface area (Å²) in [6, 6.07) is 7.55. The van der Waals surface area contributed by atoms with Gasteiger partial charge in [0.05, 0.1) is 17.9 Å². The smallest absolute Gasteiger partial charge is 0.345 e. The third-order valence-corrected chi connectivity index (χ3v) is 4.93. The van der Waals surface area contributed by atoms with Crippen LogP contribution >= 0.6 is 0 Å². The number of carbonyl (C=O) groups excluding carboxylic acids is 1. The van der Waals surface area contributed by atoms with Crippen LogP contribution in [0.15, 0.2) is 48.7 Å². The maximum atomic E-state index is 14.4. The van der Waals surface area contributed by atoms with Crippen LogP contribution in [-0.4, -0.2) is 36.5 Å². The lowest BCUT2D eigenvalue weighted by molar-refractivity contribution is -0.291. The van der Waals surface area contributed by atoms with Gasteiger partial charge in [-0.25, -0.2) is 13.9 Å². The third-order valence-electron chi connectivity index (χ3n) is 4.93. The van der Waals surface area contributed by atoms with Crippen molar-refractivity contribution >= 4 is 11.6 Å². The molecular formula is C21H16F6N6O. The molecule has 4 rings (SSSR count). The van der Waals surface area contributed by atoms with Crippen LogP contribution in [0.1, 0.15) is 28.8 Å². The molecule has 0 aliphatic heterocycles. The first-order chi connectivity index (χ1) is 16.0. The first-order valence-electron chi connectivity index (χ1n) is 9.92. The highest BCUT2D eigenvalue weighted by atomic mass is 19.4. The molecule has 0 aliphatic rings. The number of fused-ring (bicyclic) bond motifs is 1. The van der Waals surface area contributed by atoms with E-state index in [1.807, 2.05) is 6.92 Å². The number of amides is 1. The number of alkyl halides is 5. The maximum Gasteiger partial charge on any atom is 0.459 e. The second-order valence-corrected chi connectivity index (χ2v) is 7.25. The molecule has 0 radical (unpaired) electrons. The zero-order valence-electron chi connectivity index (χ0n) is 17.4. The van der Waals surface area contributed by atoms with E-state index in [1.54, 1.807) is 16.9 Å². The third kappa shape index (κ3) is 4.32. The van der Waals surface area contributed by atoms with Crippen molar-refractivity contribution in [2.75, 3.05) is 0 Å². The molecule has 7 nitrogen and oxygen atoms in total. The van der Waals surface area contributed by atoms with Crippen LogP contribution in [0.5, 0.6) is 0 Å². The van der Waals surface area contributed by atoms with E-state index in [2.05, 4.69) is 20.5 Å². The highest BCUT2D eigenvalue weighted by Crippen LogP contribution is 2.44.